The monoisotopic (exact) mass is 375 g/mol. The second kappa shape index (κ2) is 7.65. The molecule has 150 valence electrons. The van der Waals surface area contributed by atoms with E-state index in [1.54, 1.807) is 14.2 Å². The number of hydrogen-bond donors (Lipinski definition) is 0. The lowest BCUT2D eigenvalue weighted by Crippen LogP contribution is -2.41. The molecule has 27 heavy (non-hydrogen) atoms. The summed E-state index contributed by atoms with van der Waals surface area (Å²) < 4.78 is 23.9. The van der Waals surface area contributed by atoms with Crippen molar-refractivity contribution in [1.82, 2.24) is 4.90 Å². The minimum atomic E-state index is -0.430. The molecule has 2 aliphatic heterocycles. The minimum absolute atomic E-state index is 0.375. The molecule has 2 aliphatic rings. The number of methoxy groups -OCH3 is 2. The average Bonchev–Trinajstić information content (AvgIpc) is 2.84. The summed E-state index contributed by atoms with van der Waals surface area (Å²) in [7, 11) is 3.00. The fourth-order valence-electron chi connectivity index (χ4n) is 3.87. The van der Waals surface area contributed by atoms with Crippen LogP contribution in [-0.4, -0.2) is 50.0 Å². The van der Waals surface area contributed by atoms with Crippen LogP contribution in [0.25, 0.3) is 0 Å². The van der Waals surface area contributed by atoms with Crippen LogP contribution in [0.15, 0.2) is 12.1 Å². The van der Waals surface area contributed by atoms with E-state index in [4.69, 9.17) is 18.8 Å². The zero-order valence-corrected chi connectivity index (χ0v) is 17.9. The molecule has 1 unspecified atom stereocenters. The Morgan fingerprint density at radius 2 is 1.59 bits per heavy atom. The molecule has 0 N–H and O–H groups in total. The number of hydrogen-bond acceptors (Lipinski definition) is 5. The Hall–Kier alpha value is -1.24. The van der Waals surface area contributed by atoms with E-state index in [1.807, 2.05) is 12.1 Å². The van der Waals surface area contributed by atoms with Crippen LogP contribution in [0.1, 0.15) is 59.4 Å². The molecule has 1 atom stereocenters. The molecule has 2 heterocycles. The fourth-order valence-corrected chi connectivity index (χ4v) is 3.87. The van der Waals surface area contributed by atoms with E-state index in [9.17, 15) is 0 Å². The van der Waals surface area contributed by atoms with Gasteiger partial charge in [0, 0.05) is 12.6 Å². The summed E-state index contributed by atoms with van der Waals surface area (Å²) in [6.07, 6.45) is 3.81. The topological polar surface area (TPSA) is 40.2 Å². The highest BCUT2D eigenvalue weighted by atomic mass is 16.7. The summed E-state index contributed by atoms with van der Waals surface area (Å²) in [5.41, 5.74) is 1.27. The van der Waals surface area contributed by atoms with Gasteiger partial charge in [0.15, 0.2) is 0 Å². The second-order valence-electron chi connectivity index (χ2n) is 8.81. The quantitative estimate of drug-likeness (QED) is 0.738. The highest BCUT2D eigenvalue weighted by Crippen LogP contribution is 2.38. The Balaban J connectivity index is 1.91. The lowest BCUT2D eigenvalue weighted by atomic mass is 9.78. The molecule has 1 aromatic carbocycles. The van der Waals surface area contributed by atoms with Crippen molar-refractivity contribution in [3.8, 4) is 11.5 Å². The van der Waals surface area contributed by atoms with Crippen molar-refractivity contribution in [1.29, 1.82) is 0 Å². The number of ether oxygens (including phenoxy) is 2. The third kappa shape index (κ3) is 3.98. The van der Waals surface area contributed by atoms with E-state index in [2.05, 4.69) is 39.5 Å². The summed E-state index contributed by atoms with van der Waals surface area (Å²) in [4.78, 5) is 2.51. The van der Waals surface area contributed by atoms with Crippen molar-refractivity contribution in [2.24, 2.45) is 0 Å². The number of piperidine rings is 1. The van der Waals surface area contributed by atoms with Gasteiger partial charge in [-0.3, -0.25) is 4.90 Å². The number of benzene rings is 1. The van der Waals surface area contributed by atoms with Crippen LogP contribution in [0.5, 0.6) is 11.5 Å². The minimum Gasteiger partial charge on any atom is -0.496 e. The van der Waals surface area contributed by atoms with Gasteiger partial charge in [0.25, 0.3) is 0 Å². The standard InChI is InChI=1S/C21H34BNO4/c1-15-10-8-9-11-23(15)14-17-18(24-6)12-16(13-19(17)25-7)22-26-20(2,3)21(4,5)27-22/h12-13,15H,8-11,14H2,1-7H3. The van der Waals surface area contributed by atoms with Gasteiger partial charge in [0.1, 0.15) is 11.5 Å². The molecule has 0 spiro atoms. The van der Waals surface area contributed by atoms with Crippen LogP contribution < -0.4 is 14.9 Å². The zero-order chi connectivity index (χ0) is 19.8. The molecule has 0 aromatic heterocycles. The first-order valence-corrected chi connectivity index (χ1v) is 10.0. The van der Waals surface area contributed by atoms with Gasteiger partial charge in [-0.2, -0.15) is 0 Å². The van der Waals surface area contributed by atoms with E-state index in [1.165, 1.54) is 19.3 Å². The molecule has 0 amide bonds. The van der Waals surface area contributed by atoms with E-state index in [0.29, 0.717) is 6.04 Å². The van der Waals surface area contributed by atoms with Crippen LogP contribution in [0, 0.1) is 0 Å². The first-order valence-electron chi connectivity index (χ1n) is 10.0. The van der Waals surface area contributed by atoms with Gasteiger partial charge < -0.3 is 18.8 Å². The third-order valence-electron chi connectivity index (χ3n) is 6.46. The maximum Gasteiger partial charge on any atom is 0.495 e. The molecule has 1 aromatic rings. The van der Waals surface area contributed by atoms with Crippen LogP contribution in [0.2, 0.25) is 0 Å². The van der Waals surface area contributed by atoms with Gasteiger partial charge in [-0.15, -0.1) is 0 Å². The Bertz CT molecular complexity index is 635. The highest BCUT2D eigenvalue weighted by molar-refractivity contribution is 6.62. The van der Waals surface area contributed by atoms with E-state index >= 15 is 0 Å². The first kappa shape index (κ1) is 20.5. The Kier molecular flexibility index (Phi) is 5.81. The molecule has 0 bridgehead atoms. The summed E-state index contributed by atoms with van der Waals surface area (Å²) >= 11 is 0. The zero-order valence-electron chi connectivity index (χ0n) is 17.9. The lowest BCUT2D eigenvalue weighted by Gasteiger charge is -2.34. The van der Waals surface area contributed by atoms with Gasteiger partial charge in [-0.25, -0.2) is 0 Å². The normalized spacial score (nSPS) is 24.9. The van der Waals surface area contributed by atoms with Crippen molar-refractivity contribution < 1.29 is 18.8 Å². The van der Waals surface area contributed by atoms with Crippen molar-refractivity contribution in [2.45, 2.75) is 77.7 Å². The number of nitrogens with zero attached hydrogens (tertiary/aromatic N) is 1. The summed E-state index contributed by atoms with van der Waals surface area (Å²) in [6, 6.07) is 4.65. The maximum atomic E-state index is 6.21. The number of rotatable bonds is 5. The molecule has 5 nitrogen and oxygen atoms in total. The average molecular weight is 375 g/mol. The van der Waals surface area contributed by atoms with Gasteiger partial charge in [-0.1, -0.05) is 6.42 Å². The fraction of sp³-hybridized carbons (Fsp3) is 0.714. The first-order chi connectivity index (χ1) is 12.7. The van der Waals surface area contributed by atoms with Crippen molar-refractivity contribution >= 4 is 12.6 Å². The van der Waals surface area contributed by atoms with Gasteiger partial charge in [0.2, 0.25) is 0 Å². The molecule has 2 fully saturated rings. The van der Waals surface area contributed by atoms with Crippen LogP contribution in [0.4, 0.5) is 0 Å². The van der Waals surface area contributed by atoms with E-state index < -0.39 is 7.12 Å². The van der Waals surface area contributed by atoms with Crippen molar-refractivity contribution in [2.75, 3.05) is 20.8 Å². The molecule has 0 aliphatic carbocycles. The smallest absolute Gasteiger partial charge is 0.495 e. The lowest BCUT2D eigenvalue weighted by molar-refractivity contribution is 0.00578. The molecule has 2 saturated heterocycles. The Morgan fingerprint density at radius 3 is 2.07 bits per heavy atom. The Morgan fingerprint density at radius 1 is 1.04 bits per heavy atom. The molecular formula is C21H34BNO4. The SMILES string of the molecule is COc1cc(B2OC(C)(C)C(C)(C)O2)cc(OC)c1CN1CCCCC1C. The molecule has 6 heteroatoms. The molecule has 0 saturated carbocycles. The predicted octanol–water partition coefficient (Wildman–Crippen LogP) is 3.38. The largest absolute Gasteiger partial charge is 0.496 e. The summed E-state index contributed by atoms with van der Waals surface area (Å²) in [6.45, 7) is 12.5. The molecule has 3 rings (SSSR count). The van der Waals surface area contributed by atoms with E-state index in [0.717, 1.165) is 35.6 Å². The summed E-state index contributed by atoms with van der Waals surface area (Å²) in [5.74, 6) is 1.66. The molecular weight excluding hydrogens is 341 g/mol. The van der Waals surface area contributed by atoms with Crippen LogP contribution in [0.3, 0.4) is 0 Å². The van der Waals surface area contributed by atoms with E-state index in [-0.39, 0.29) is 11.2 Å². The second-order valence-corrected chi connectivity index (χ2v) is 8.81. The van der Waals surface area contributed by atoms with Gasteiger partial charge >= 0.3 is 7.12 Å². The van der Waals surface area contributed by atoms with Gasteiger partial charge in [0.05, 0.1) is 31.0 Å². The van der Waals surface area contributed by atoms with Gasteiger partial charge in [-0.05, 0) is 71.6 Å². The van der Waals surface area contributed by atoms with Crippen LogP contribution >= 0.6 is 0 Å². The summed E-state index contributed by atoms with van der Waals surface area (Å²) in [5, 5.41) is 0. The number of likely N-dealkylation sites (tertiary alicyclic amines) is 1. The van der Waals surface area contributed by atoms with Crippen molar-refractivity contribution in [3.05, 3.63) is 17.7 Å². The van der Waals surface area contributed by atoms with Crippen molar-refractivity contribution in [3.63, 3.8) is 0 Å². The predicted molar refractivity (Wildman–Crippen MR) is 109 cm³/mol. The third-order valence-corrected chi connectivity index (χ3v) is 6.46. The Labute approximate surface area is 164 Å². The maximum absolute atomic E-state index is 6.21. The highest BCUT2D eigenvalue weighted by Gasteiger charge is 2.52. The van der Waals surface area contributed by atoms with Crippen LogP contribution in [-0.2, 0) is 15.9 Å². The molecule has 0 radical (unpaired) electrons.